The largest absolute Gasteiger partial charge is 0.490 e. The van der Waals surface area contributed by atoms with Crippen LogP contribution in [0.1, 0.15) is 19.0 Å². The van der Waals surface area contributed by atoms with E-state index < -0.39 is 0 Å². The van der Waals surface area contributed by atoms with E-state index in [0.29, 0.717) is 34.7 Å². The fourth-order valence-electron chi connectivity index (χ4n) is 1.61. The lowest BCUT2D eigenvalue weighted by atomic mass is 10.3. The standard InChI is InChI=1S/C15H16ClNO3/c1-2-9-19-13-5-3-4-6-14(13)20-15-8-7-11(16)12(10-18)17-15/h3-8,18H,2,9-10H2,1H3. The molecule has 5 heteroatoms. The van der Waals surface area contributed by atoms with Gasteiger partial charge >= 0.3 is 0 Å². The Morgan fingerprint density at radius 2 is 1.90 bits per heavy atom. The molecule has 0 aliphatic heterocycles. The fraction of sp³-hybridized carbons (Fsp3) is 0.267. The SMILES string of the molecule is CCCOc1ccccc1Oc1ccc(Cl)c(CO)n1. The maximum atomic E-state index is 9.15. The number of aromatic nitrogens is 1. The molecule has 1 heterocycles. The van der Waals surface area contributed by atoms with Gasteiger partial charge in [-0.2, -0.15) is 0 Å². The van der Waals surface area contributed by atoms with Gasteiger partial charge in [-0.15, -0.1) is 0 Å². The number of hydrogen-bond donors (Lipinski definition) is 1. The Labute approximate surface area is 122 Å². The average molecular weight is 294 g/mol. The first-order chi connectivity index (χ1) is 9.74. The zero-order chi connectivity index (χ0) is 14.4. The molecule has 0 unspecified atom stereocenters. The van der Waals surface area contributed by atoms with Crippen molar-refractivity contribution < 1.29 is 14.6 Å². The molecule has 4 nitrogen and oxygen atoms in total. The number of benzene rings is 1. The van der Waals surface area contributed by atoms with Crippen LogP contribution < -0.4 is 9.47 Å². The van der Waals surface area contributed by atoms with E-state index in [9.17, 15) is 0 Å². The van der Waals surface area contributed by atoms with Gasteiger partial charge in [-0.05, 0) is 24.6 Å². The molecular formula is C15H16ClNO3. The van der Waals surface area contributed by atoms with E-state index in [2.05, 4.69) is 4.98 Å². The van der Waals surface area contributed by atoms with Gasteiger partial charge in [0.05, 0.1) is 23.9 Å². The number of halogens is 1. The molecule has 0 bridgehead atoms. The van der Waals surface area contributed by atoms with Crippen molar-refractivity contribution in [1.29, 1.82) is 0 Å². The number of hydrogen-bond acceptors (Lipinski definition) is 4. The summed E-state index contributed by atoms with van der Waals surface area (Å²) in [6, 6.07) is 10.7. The van der Waals surface area contributed by atoms with Crippen LogP contribution in [0.3, 0.4) is 0 Å². The van der Waals surface area contributed by atoms with Crippen LogP contribution in [0.5, 0.6) is 17.4 Å². The number of pyridine rings is 1. The third-order valence-corrected chi connectivity index (χ3v) is 2.91. The molecule has 0 amide bonds. The highest BCUT2D eigenvalue weighted by molar-refractivity contribution is 6.31. The maximum absolute atomic E-state index is 9.15. The van der Waals surface area contributed by atoms with Gasteiger partial charge < -0.3 is 14.6 Å². The Balaban J connectivity index is 2.21. The minimum Gasteiger partial charge on any atom is -0.490 e. The van der Waals surface area contributed by atoms with Crippen LogP contribution in [-0.2, 0) is 6.61 Å². The topological polar surface area (TPSA) is 51.6 Å². The molecule has 0 aliphatic carbocycles. The van der Waals surface area contributed by atoms with Gasteiger partial charge in [0.2, 0.25) is 5.88 Å². The number of rotatable bonds is 6. The molecule has 1 aromatic heterocycles. The summed E-state index contributed by atoms with van der Waals surface area (Å²) in [5.74, 6) is 1.61. The van der Waals surface area contributed by atoms with E-state index in [-0.39, 0.29) is 6.61 Å². The third kappa shape index (κ3) is 3.62. The van der Waals surface area contributed by atoms with Gasteiger partial charge in [0, 0.05) is 6.07 Å². The zero-order valence-corrected chi connectivity index (χ0v) is 11.9. The number of nitrogens with zero attached hydrogens (tertiary/aromatic N) is 1. The lowest BCUT2D eigenvalue weighted by Crippen LogP contribution is -1.99. The minimum atomic E-state index is -0.232. The molecule has 0 saturated heterocycles. The van der Waals surface area contributed by atoms with Crippen molar-refractivity contribution in [3.05, 3.63) is 47.1 Å². The van der Waals surface area contributed by atoms with Gasteiger partial charge in [-0.25, -0.2) is 4.98 Å². The van der Waals surface area contributed by atoms with Crippen molar-refractivity contribution in [2.75, 3.05) is 6.61 Å². The molecule has 0 spiro atoms. The van der Waals surface area contributed by atoms with E-state index in [1.807, 2.05) is 25.1 Å². The summed E-state index contributed by atoms with van der Waals surface area (Å²) in [6.07, 6.45) is 0.919. The monoisotopic (exact) mass is 293 g/mol. The molecule has 0 radical (unpaired) electrons. The van der Waals surface area contributed by atoms with Crippen molar-refractivity contribution >= 4 is 11.6 Å². The molecule has 2 aromatic rings. The summed E-state index contributed by atoms with van der Waals surface area (Å²) in [7, 11) is 0. The Hall–Kier alpha value is -1.78. The average Bonchev–Trinajstić information content (AvgIpc) is 2.48. The second-order valence-corrected chi connectivity index (χ2v) is 4.54. The summed E-state index contributed by atoms with van der Waals surface area (Å²) in [4.78, 5) is 4.15. The summed E-state index contributed by atoms with van der Waals surface area (Å²) in [6.45, 7) is 2.43. The molecule has 20 heavy (non-hydrogen) atoms. The third-order valence-electron chi connectivity index (χ3n) is 2.57. The van der Waals surface area contributed by atoms with Gasteiger partial charge in [0.1, 0.15) is 0 Å². The van der Waals surface area contributed by atoms with E-state index in [1.54, 1.807) is 18.2 Å². The Bertz CT molecular complexity index is 575. The van der Waals surface area contributed by atoms with Crippen LogP contribution in [-0.4, -0.2) is 16.7 Å². The number of para-hydroxylation sites is 2. The number of aliphatic hydroxyl groups is 1. The fourth-order valence-corrected chi connectivity index (χ4v) is 1.78. The molecule has 0 aliphatic rings. The predicted molar refractivity (Wildman–Crippen MR) is 77.5 cm³/mol. The van der Waals surface area contributed by atoms with Gasteiger partial charge in [-0.3, -0.25) is 0 Å². The first-order valence-electron chi connectivity index (χ1n) is 6.40. The highest BCUT2D eigenvalue weighted by atomic mass is 35.5. The van der Waals surface area contributed by atoms with Crippen LogP contribution in [0.15, 0.2) is 36.4 Å². The molecule has 0 saturated carbocycles. The Kier molecular flexibility index (Phi) is 5.21. The Morgan fingerprint density at radius 3 is 2.60 bits per heavy atom. The van der Waals surface area contributed by atoms with Crippen molar-refractivity contribution in [2.45, 2.75) is 20.0 Å². The van der Waals surface area contributed by atoms with E-state index in [4.69, 9.17) is 26.2 Å². The van der Waals surface area contributed by atoms with Crippen LogP contribution in [0, 0.1) is 0 Å². The highest BCUT2D eigenvalue weighted by Gasteiger charge is 2.08. The smallest absolute Gasteiger partial charge is 0.219 e. The number of aliphatic hydroxyl groups excluding tert-OH is 1. The molecule has 0 atom stereocenters. The van der Waals surface area contributed by atoms with Crippen LogP contribution in [0.25, 0.3) is 0 Å². The Morgan fingerprint density at radius 1 is 1.15 bits per heavy atom. The number of ether oxygens (including phenoxy) is 2. The molecule has 1 N–H and O–H groups in total. The first-order valence-corrected chi connectivity index (χ1v) is 6.78. The van der Waals surface area contributed by atoms with Crippen LogP contribution in [0.4, 0.5) is 0 Å². The van der Waals surface area contributed by atoms with Crippen molar-refractivity contribution in [2.24, 2.45) is 0 Å². The van der Waals surface area contributed by atoms with Crippen molar-refractivity contribution in [3.8, 4) is 17.4 Å². The summed E-state index contributed by atoms with van der Waals surface area (Å²) in [5, 5.41) is 9.56. The van der Waals surface area contributed by atoms with Gasteiger partial charge in [0.25, 0.3) is 0 Å². The molecule has 106 valence electrons. The quantitative estimate of drug-likeness (QED) is 0.880. The molecular weight excluding hydrogens is 278 g/mol. The van der Waals surface area contributed by atoms with Crippen molar-refractivity contribution in [1.82, 2.24) is 4.98 Å². The van der Waals surface area contributed by atoms with E-state index in [1.165, 1.54) is 0 Å². The second kappa shape index (κ2) is 7.12. The van der Waals surface area contributed by atoms with Gasteiger partial charge in [-0.1, -0.05) is 30.7 Å². The summed E-state index contributed by atoms with van der Waals surface area (Å²) in [5.41, 5.74) is 0.385. The lowest BCUT2D eigenvalue weighted by molar-refractivity contribution is 0.274. The summed E-state index contributed by atoms with van der Waals surface area (Å²) < 4.78 is 11.3. The normalized spacial score (nSPS) is 10.3. The maximum Gasteiger partial charge on any atom is 0.219 e. The molecule has 1 aromatic carbocycles. The van der Waals surface area contributed by atoms with E-state index in [0.717, 1.165) is 6.42 Å². The lowest BCUT2D eigenvalue weighted by Gasteiger charge is -2.12. The van der Waals surface area contributed by atoms with Crippen molar-refractivity contribution in [3.63, 3.8) is 0 Å². The van der Waals surface area contributed by atoms with E-state index >= 15 is 0 Å². The zero-order valence-electron chi connectivity index (χ0n) is 11.2. The molecule has 2 rings (SSSR count). The first kappa shape index (κ1) is 14.6. The van der Waals surface area contributed by atoms with Gasteiger partial charge in [0.15, 0.2) is 11.5 Å². The minimum absolute atomic E-state index is 0.232. The highest BCUT2D eigenvalue weighted by Crippen LogP contribution is 2.31. The second-order valence-electron chi connectivity index (χ2n) is 4.13. The van der Waals surface area contributed by atoms with Crippen LogP contribution >= 0.6 is 11.6 Å². The van der Waals surface area contributed by atoms with Crippen LogP contribution in [0.2, 0.25) is 5.02 Å². The summed E-state index contributed by atoms with van der Waals surface area (Å²) >= 11 is 5.90. The predicted octanol–water partition coefficient (Wildman–Crippen LogP) is 3.81. The molecule has 0 fully saturated rings.